The van der Waals surface area contributed by atoms with Crippen molar-refractivity contribution >= 4 is 35.2 Å². The first-order valence-electron chi connectivity index (χ1n) is 8.28. The van der Waals surface area contributed by atoms with E-state index in [0.717, 1.165) is 5.69 Å². The van der Waals surface area contributed by atoms with E-state index in [-0.39, 0.29) is 6.61 Å². The average Bonchev–Trinajstić information content (AvgIpc) is 2.64. The molecule has 0 aliphatic carbocycles. The van der Waals surface area contributed by atoms with Crippen molar-refractivity contribution in [3.63, 3.8) is 0 Å². The van der Waals surface area contributed by atoms with E-state index in [2.05, 4.69) is 5.32 Å². The third-order valence-electron chi connectivity index (χ3n) is 3.40. The van der Waals surface area contributed by atoms with Crippen molar-refractivity contribution in [1.29, 1.82) is 0 Å². The predicted octanol–water partition coefficient (Wildman–Crippen LogP) is 4.89. The zero-order valence-corrected chi connectivity index (χ0v) is 15.2. The van der Waals surface area contributed by atoms with Gasteiger partial charge < -0.3 is 9.47 Å². The van der Waals surface area contributed by atoms with Crippen molar-refractivity contribution in [3.05, 3.63) is 54.6 Å². The highest BCUT2D eigenvalue weighted by Crippen LogP contribution is 2.20. The van der Waals surface area contributed by atoms with Gasteiger partial charge in [0, 0.05) is 29.9 Å². The Balaban J connectivity index is 1.99. The summed E-state index contributed by atoms with van der Waals surface area (Å²) in [6.07, 6.45) is -0.502. The van der Waals surface area contributed by atoms with Gasteiger partial charge in [-0.3, -0.25) is 10.2 Å². The van der Waals surface area contributed by atoms with Crippen LogP contribution < -0.4 is 15.0 Å². The summed E-state index contributed by atoms with van der Waals surface area (Å²) in [6.45, 7) is 2.57. The van der Waals surface area contributed by atoms with Gasteiger partial charge in [-0.05, 0) is 37.6 Å². The van der Waals surface area contributed by atoms with Gasteiger partial charge >= 0.3 is 12.2 Å². The summed E-state index contributed by atoms with van der Waals surface area (Å²) in [7, 11) is 0. The molecule has 2 aromatic rings. The molecule has 6 nitrogen and oxygen atoms in total. The molecule has 0 aromatic heterocycles. The number of nitrogens with zero attached hydrogens (tertiary/aromatic N) is 1. The second-order valence-corrected chi connectivity index (χ2v) is 5.66. The molecule has 0 saturated carbocycles. The van der Waals surface area contributed by atoms with E-state index >= 15 is 0 Å². The number of alkyl halides is 1. The highest BCUT2D eigenvalue weighted by Gasteiger charge is 2.16. The highest BCUT2D eigenvalue weighted by atomic mass is 35.5. The Morgan fingerprint density at radius 1 is 1.12 bits per heavy atom. The highest BCUT2D eigenvalue weighted by molar-refractivity contribution is 6.17. The van der Waals surface area contributed by atoms with E-state index in [0.29, 0.717) is 30.3 Å². The molecule has 0 atom stereocenters. The maximum absolute atomic E-state index is 12.4. The number of halogens is 1. The molecular formula is C19H21ClN2O4. The van der Waals surface area contributed by atoms with Gasteiger partial charge in [0.05, 0.1) is 6.61 Å². The normalized spacial score (nSPS) is 10.1. The standard InChI is InChI=1S/C19H21ClN2O4/c1-2-22(16-9-4-3-5-10-16)19(24)26-17-11-6-8-15(14-17)21-18(23)25-13-7-12-20/h3-6,8-11,14H,2,7,12-13H2,1H3,(H,21,23). The summed E-state index contributed by atoms with van der Waals surface area (Å²) >= 11 is 5.53. The number of hydrogen-bond donors (Lipinski definition) is 1. The molecule has 1 N–H and O–H groups in total. The lowest BCUT2D eigenvalue weighted by molar-refractivity contribution is 0.162. The quantitative estimate of drug-likeness (QED) is 0.551. The molecule has 0 bridgehead atoms. The van der Waals surface area contributed by atoms with Crippen molar-refractivity contribution in [2.24, 2.45) is 0 Å². The Hall–Kier alpha value is -2.73. The minimum atomic E-state index is -0.585. The van der Waals surface area contributed by atoms with Crippen LogP contribution in [0.2, 0.25) is 0 Å². The van der Waals surface area contributed by atoms with Crippen molar-refractivity contribution in [1.82, 2.24) is 0 Å². The smallest absolute Gasteiger partial charge is 0.419 e. The first-order valence-corrected chi connectivity index (χ1v) is 8.81. The number of carbonyl (C=O) groups excluding carboxylic acids is 2. The lowest BCUT2D eigenvalue weighted by Crippen LogP contribution is -2.33. The molecule has 0 heterocycles. The zero-order chi connectivity index (χ0) is 18.8. The lowest BCUT2D eigenvalue weighted by Gasteiger charge is -2.20. The molecule has 0 spiro atoms. The second kappa shape index (κ2) is 10.3. The third kappa shape index (κ3) is 5.97. The molecule has 0 aliphatic rings. The number of hydrogen-bond acceptors (Lipinski definition) is 4. The van der Waals surface area contributed by atoms with Gasteiger partial charge in [0.1, 0.15) is 5.75 Å². The van der Waals surface area contributed by atoms with Crippen molar-refractivity contribution in [2.75, 3.05) is 29.2 Å². The van der Waals surface area contributed by atoms with Crippen LogP contribution in [0.15, 0.2) is 54.6 Å². The van der Waals surface area contributed by atoms with E-state index < -0.39 is 12.2 Å². The van der Waals surface area contributed by atoms with E-state index in [4.69, 9.17) is 21.1 Å². The SMILES string of the molecule is CCN(C(=O)Oc1cccc(NC(=O)OCCCCl)c1)c1ccccc1. The molecule has 26 heavy (non-hydrogen) atoms. The van der Waals surface area contributed by atoms with Gasteiger partial charge in [-0.1, -0.05) is 24.3 Å². The molecule has 2 amide bonds. The Morgan fingerprint density at radius 3 is 2.58 bits per heavy atom. The van der Waals surface area contributed by atoms with Crippen LogP contribution in [0.25, 0.3) is 0 Å². The number of rotatable bonds is 7. The molecule has 0 unspecified atom stereocenters. The number of amides is 2. The van der Waals surface area contributed by atoms with Crippen LogP contribution in [0.4, 0.5) is 21.0 Å². The molecular weight excluding hydrogens is 356 g/mol. The van der Waals surface area contributed by atoms with Gasteiger partial charge in [0.15, 0.2) is 0 Å². The fraction of sp³-hybridized carbons (Fsp3) is 0.263. The van der Waals surface area contributed by atoms with E-state index in [1.165, 1.54) is 4.90 Å². The summed E-state index contributed by atoms with van der Waals surface area (Å²) in [5.41, 5.74) is 1.21. The van der Waals surface area contributed by atoms with E-state index in [9.17, 15) is 9.59 Å². The van der Waals surface area contributed by atoms with Crippen LogP contribution in [-0.2, 0) is 4.74 Å². The molecule has 0 saturated heterocycles. The summed E-state index contributed by atoms with van der Waals surface area (Å²) in [5, 5.41) is 2.58. The topological polar surface area (TPSA) is 67.9 Å². The number of para-hydroxylation sites is 1. The summed E-state index contributed by atoms with van der Waals surface area (Å²) in [5.74, 6) is 0.747. The Bertz CT molecular complexity index is 724. The average molecular weight is 377 g/mol. The van der Waals surface area contributed by atoms with Crippen molar-refractivity contribution in [3.8, 4) is 5.75 Å². The van der Waals surface area contributed by atoms with Crippen LogP contribution in [0, 0.1) is 0 Å². The maximum atomic E-state index is 12.4. The van der Waals surface area contributed by atoms with Gasteiger partial charge in [0.2, 0.25) is 0 Å². The summed E-state index contributed by atoms with van der Waals surface area (Å²) < 4.78 is 10.4. The van der Waals surface area contributed by atoms with E-state index in [1.54, 1.807) is 24.3 Å². The summed E-state index contributed by atoms with van der Waals surface area (Å²) in [6, 6.07) is 15.8. The first-order chi connectivity index (χ1) is 12.6. The number of anilines is 2. The first kappa shape index (κ1) is 19.6. The molecule has 0 fully saturated rings. The largest absolute Gasteiger partial charge is 0.449 e. The van der Waals surface area contributed by atoms with Gasteiger partial charge in [-0.15, -0.1) is 11.6 Å². The molecule has 7 heteroatoms. The fourth-order valence-electron chi connectivity index (χ4n) is 2.19. The molecule has 0 radical (unpaired) electrons. The third-order valence-corrected chi connectivity index (χ3v) is 3.67. The minimum absolute atomic E-state index is 0.243. The van der Waals surface area contributed by atoms with Gasteiger partial charge in [-0.2, -0.15) is 0 Å². The van der Waals surface area contributed by atoms with Crippen LogP contribution in [0.5, 0.6) is 5.75 Å². The Morgan fingerprint density at radius 2 is 1.88 bits per heavy atom. The number of nitrogens with one attached hydrogen (secondary N) is 1. The maximum Gasteiger partial charge on any atom is 0.419 e. The monoisotopic (exact) mass is 376 g/mol. The van der Waals surface area contributed by atoms with Crippen LogP contribution in [-0.4, -0.2) is 31.2 Å². The van der Waals surface area contributed by atoms with Crippen LogP contribution >= 0.6 is 11.6 Å². The summed E-state index contributed by atoms with van der Waals surface area (Å²) in [4.78, 5) is 25.6. The molecule has 138 valence electrons. The second-order valence-electron chi connectivity index (χ2n) is 5.28. The zero-order valence-electron chi connectivity index (χ0n) is 14.5. The Kier molecular flexibility index (Phi) is 7.76. The Labute approximate surface area is 157 Å². The van der Waals surface area contributed by atoms with Crippen molar-refractivity contribution < 1.29 is 19.1 Å². The van der Waals surface area contributed by atoms with Crippen molar-refractivity contribution in [2.45, 2.75) is 13.3 Å². The number of ether oxygens (including phenoxy) is 2. The van der Waals surface area contributed by atoms with Crippen LogP contribution in [0.3, 0.4) is 0 Å². The molecule has 2 rings (SSSR count). The van der Waals surface area contributed by atoms with E-state index in [1.807, 2.05) is 37.3 Å². The van der Waals surface area contributed by atoms with Gasteiger partial charge in [0.25, 0.3) is 0 Å². The molecule has 2 aromatic carbocycles. The number of carbonyl (C=O) groups is 2. The van der Waals surface area contributed by atoms with Crippen LogP contribution in [0.1, 0.15) is 13.3 Å². The molecule has 0 aliphatic heterocycles. The lowest BCUT2D eigenvalue weighted by atomic mass is 10.3. The minimum Gasteiger partial charge on any atom is -0.449 e. The predicted molar refractivity (Wildman–Crippen MR) is 102 cm³/mol. The van der Waals surface area contributed by atoms with Gasteiger partial charge in [-0.25, -0.2) is 9.59 Å². The number of benzene rings is 2. The fourth-order valence-corrected chi connectivity index (χ4v) is 2.30.